The van der Waals surface area contributed by atoms with Crippen LogP contribution >= 0.6 is 11.8 Å². The van der Waals surface area contributed by atoms with Gasteiger partial charge in [0, 0.05) is 31.4 Å². The average Bonchev–Trinajstić information content (AvgIpc) is 2.67. The zero-order chi connectivity index (χ0) is 21.4. The molecule has 7 nitrogen and oxygen atoms in total. The summed E-state index contributed by atoms with van der Waals surface area (Å²) in [7, 11) is 3.05. The number of esters is 2. The first-order valence-electron chi connectivity index (χ1n) is 8.81. The van der Waals surface area contributed by atoms with Crippen molar-refractivity contribution in [2.24, 2.45) is 0 Å². The smallest absolute Gasteiger partial charge is 0.308 e. The van der Waals surface area contributed by atoms with E-state index in [-0.39, 0.29) is 24.0 Å². The number of hydrogen-bond donors (Lipinski definition) is 0. The van der Waals surface area contributed by atoms with Crippen LogP contribution in [-0.4, -0.2) is 48.9 Å². The second-order valence-electron chi connectivity index (χ2n) is 6.11. The molecule has 2 aromatic rings. The van der Waals surface area contributed by atoms with Crippen LogP contribution in [-0.2, 0) is 14.3 Å². The maximum absolute atomic E-state index is 12.8. The van der Waals surface area contributed by atoms with Crippen molar-refractivity contribution >= 4 is 29.6 Å². The van der Waals surface area contributed by atoms with Gasteiger partial charge in [-0.1, -0.05) is 30.0 Å². The molecule has 0 saturated carbocycles. The highest BCUT2D eigenvalue weighted by atomic mass is 32.2. The van der Waals surface area contributed by atoms with Crippen molar-refractivity contribution in [2.75, 3.05) is 20.7 Å². The highest BCUT2D eigenvalue weighted by Crippen LogP contribution is 2.29. The van der Waals surface area contributed by atoms with Gasteiger partial charge in [0.1, 0.15) is 0 Å². The molecule has 1 unspecified atom stereocenters. The number of hydrogen-bond acceptors (Lipinski definition) is 7. The minimum absolute atomic E-state index is 0.186. The van der Waals surface area contributed by atoms with E-state index in [1.54, 1.807) is 13.1 Å². The van der Waals surface area contributed by atoms with Gasteiger partial charge in [0.2, 0.25) is 0 Å². The SMILES string of the molecule is COc1cc(C(=O)N(C)CC(OC(C)=O)Sc2ccccc2)ccc1OC(C)=O. The van der Waals surface area contributed by atoms with E-state index in [9.17, 15) is 14.4 Å². The first-order valence-corrected chi connectivity index (χ1v) is 9.69. The van der Waals surface area contributed by atoms with Crippen LogP contribution in [0.2, 0.25) is 0 Å². The quantitative estimate of drug-likeness (QED) is 0.282. The number of carbonyl (C=O) groups excluding carboxylic acids is 3. The van der Waals surface area contributed by atoms with Crippen LogP contribution in [0.5, 0.6) is 11.5 Å². The van der Waals surface area contributed by atoms with Crippen LogP contribution in [0.4, 0.5) is 0 Å². The summed E-state index contributed by atoms with van der Waals surface area (Å²) >= 11 is 1.36. The van der Waals surface area contributed by atoms with Crippen molar-refractivity contribution in [3.8, 4) is 11.5 Å². The fraction of sp³-hybridized carbons (Fsp3) is 0.286. The average molecular weight is 417 g/mol. The zero-order valence-corrected chi connectivity index (χ0v) is 17.5. The fourth-order valence-electron chi connectivity index (χ4n) is 2.50. The molecule has 8 heteroatoms. The summed E-state index contributed by atoms with van der Waals surface area (Å²) < 4.78 is 15.6. The largest absolute Gasteiger partial charge is 0.493 e. The van der Waals surface area contributed by atoms with E-state index < -0.39 is 17.4 Å². The van der Waals surface area contributed by atoms with Crippen molar-refractivity contribution in [1.29, 1.82) is 0 Å². The predicted molar refractivity (Wildman–Crippen MR) is 109 cm³/mol. The third-order valence-corrected chi connectivity index (χ3v) is 4.79. The first kappa shape index (κ1) is 22.3. The van der Waals surface area contributed by atoms with Gasteiger partial charge in [0.05, 0.1) is 13.7 Å². The molecule has 1 atom stereocenters. The van der Waals surface area contributed by atoms with Crippen LogP contribution in [0.25, 0.3) is 0 Å². The molecule has 0 aliphatic rings. The van der Waals surface area contributed by atoms with Crippen molar-refractivity contribution in [1.82, 2.24) is 4.90 Å². The highest BCUT2D eigenvalue weighted by Gasteiger charge is 2.21. The Morgan fingerprint density at radius 2 is 1.69 bits per heavy atom. The van der Waals surface area contributed by atoms with E-state index >= 15 is 0 Å². The Labute approximate surface area is 173 Å². The van der Waals surface area contributed by atoms with Crippen LogP contribution < -0.4 is 9.47 Å². The Morgan fingerprint density at radius 1 is 1.00 bits per heavy atom. The van der Waals surface area contributed by atoms with Gasteiger partial charge in [-0.3, -0.25) is 14.4 Å². The van der Waals surface area contributed by atoms with Gasteiger partial charge >= 0.3 is 11.9 Å². The molecule has 0 bridgehead atoms. The minimum atomic E-state index is -0.564. The number of rotatable bonds is 8. The van der Waals surface area contributed by atoms with Gasteiger partial charge < -0.3 is 19.1 Å². The molecule has 154 valence electrons. The zero-order valence-electron chi connectivity index (χ0n) is 16.7. The van der Waals surface area contributed by atoms with Crippen LogP contribution in [0.1, 0.15) is 24.2 Å². The summed E-state index contributed by atoms with van der Waals surface area (Å²) in [5.41, 5.74) is -0.211. The summed E-state index contributed by atoms with van der Waals surface area (Å²) in [6, 6.07) is 14.0. The first-order chi connectivity index (χ1) is 13.8. The lowest BCUT2D eigenvalue weighted by Gasteiger charge is -2.24. The predicted octanol–water partition coefficient (Wildman–Crippen LogP) is 3.37. The Kier molecular flexibility index (Phi) is 8.09. The van der Waals surface area contributed by atoms with Crippen molar-refractivity contribution < 1.29 is 28.6 Å². The number of amides is 1. The molecule has 1 amide bonds. The van der Waals surface area contributed by atoms with E-state index in [1.165, 1.54) is 49.8 Å². The molecule has 0 heterocycles. The molecule has 0 aromatic heterocycles. The molecule has 0 aliphatic carbocycles. The molecular formula is C21H23NO6S. The van der Waals surface area contributed by atoms with Gasteiger partial charge in [-0.2, -0.15) is 0 Å². The number of ether oxygens (including phenoxy) is 3. The van der Waals surface area contributed by atoms with E-state index in [4.69, 9.17) is 14.2 Å². The Balaban J connectivity index is 2.14. The lowest BCUT2D eigenvalue weighted by Crippen LogP contribution is -2.35. The Bertz CT molecular complexity index is 871. The van der Waals surface area contributed by atoms with Gasteiger partial charge in [-0.05, 0) is 30.3 Å². The second kappa shape index (κ2) is 10.5. The number of benzene rings is 2. The van der Waals surface area contributed by atoms with Crippen molar-refractivity contribution in [3.63, 3.8) is 0 Å². The van der Waals surface area contributed by atoms with E-state index in [1.807, 2.05) is 30.3 Å². The molecule has 2 rings (SSSR count). The number of nitrogens with zero attached hydrogens (tertiary/aromatic N) is 1. The summed E-state index contributed by atoms with van der Waals surface area (Å²) in [5, 5.41) is 0. The molecule has 29 heavy (non-hydrogen) atoms. The summed E-state index contributed by atoms with van der Waals surface area (Å²) in [4.78, 5) is 37.9. The molecule has 0 saturated heterocycles. The molecule has 0 N–H and O–H groups in total. The highest BCUT2D eigenvalue weighted by molar-refractivity contribution is 7.99. The molecule has 0 radical (unpaired) electrons. The lowest BCUT2D eigenvalue weighted by molar-refractivity contribution is -0.142. The topological polar surface area (TPSA) is 82.1 Å². The fourth-order valence-corrected chi connectivity index (χ4v) is 3.60. The Morgan fingerprint density at radius 3 is 2.28 bits per heavy atom. The standard InChI is InChI=1S/C21H23NO6S/c1-14(23)27-18-11-10-16(12-19(18)26-4)21(25)22(3)13-20(28-15(2)24)29-17-8-6-5-7-9-17/h5-12,20H,13H2,1-4H3. The number of methoxy groups -OCH3 is 1. The van der Waals surface area contributed by atoms with Crippen LogP contribution in [0, 0.1) is 0 Å². The summed E-state index contributed by atoms with van der Waals surface area (Å²) in [6.07, 6.45) is 0. The number of thioether (sulfide) groups is 1. The van der Waals surface area contributed by atoms with E-state index in [0.29, 0.717) is 5.56 Å². The molecular weight excluding hydrogens is 394 g/mol. The maximum atomic E-state index is 12.8. The summed E-state index contributed by atoms with van der Waals surface area (Å²) in [6.45, 7) is 2.80. The van der Waals surface area contributed by atoms with Crippen LogP contribution in [0.3, 0.4) is 0 Å². The van der Waals surface area contributed by atoms with E-state index in [0.717, 1.165) is 4.90 Å². The van der Waals surface area contributed by atoms with Gasteiger partial charge in [0.25, 0.3) is 5.91 Å². The minimum Gasteiger partial charge on any atom is -0.493 e. The third kappa shape index (κ3) is 6.83. The van der Waals surface area contributed by atoms with Crippen LogP contribution in [0.15, 0.2) is 53.4 Å². The molecule has 0 fully saturated rings. The maximum Gasteiger partial charge on any atom is 0.308 e. The number of carbonyl (C=O) groups is 3. The van der Waals surface area contributed by atoms with Gasteiger partial charge in [0.15, 0.2) is 16.9 Å². The monoisotopic (exact) mass is 417 g/mol. The van der Waals surface area contributed by atoms with Gasteiger partial charge in [-0.15, -0.1) is 0 Å². The molecule has 0 aliphatic heterocycles. The normalized spacial score (nSPS) is 11.3. The Hall–Kier alpha value is -3.00. The van der Waals surface area contributed by atoms with Crippen molar-refractivity contribution in [3.05, 3.63) is 54.1 Å². The number of likely N-dealkylation sites (N-methyl/N-ethyl adjacent to an activating group) is 1. The second-order valence-corrected chi connectivity index (χ2v) is 7.35. The van der Waals surface area contributed by atoms with Gasteiger partial charge in [-0.25, -0.2) is 0 Å². The van der Waals surface area contributed by atoms with E-state index in [2.05, 4.69) is 0 Å². The summed E-state index contributed by atoms with van der Waals surface area (Å²) in [5.74, 6) is -0.692. The molecule has 0 spiro atoms. The molecule has 2 aromatic carbocycles. The lowest BCUT2D eigenvalue weighted by atomic mass is 10.1. The van der Waals surface area contributed by atoms with Crippen molar-refractivity contribution in [2.45, 2.75) is 24.2 Å². The third-order valence-electron chi connectivity index (χ3n) is 3.74.